The molecule has 204 valence electrons. The van der Waals surface area contributed by atoms with Crippen LogP contribution >= 0.6 is 34.5 Å². The Morgan fingerprint density at radius 2 is 1.80 bits per heavy atom. The fraction of sp³-hybridized carbons (Fsp3) is 0.194. The molecule has 1 aromatic heterocycles. The van der Waals surface area contributed by atoms with E-state index in [9.17, 15) is 9.59 Å². The second-order valence-corrected chi connectivity index (χ2v) is 11.1. The highest BCUT2D eigenvalue weighted by atomic mass is 35.5. The van der Waals surface area contributed by atoms with Gasteiger partial charge in [-0.3, -0.25) is 9.36 Å². The zero-order chi connectivity index (χ0) is 28.2. The minimum atomic E-state index is -0.726. The molecule has 0 saturated heterocycles. The highest BCUT2D eigenvalue weighted by Gasteiger charge is 2.33. The van der Waals surface area contributed by atoms with E-state index in [-0.39, 0.29) is 12.2 Å². The fourth-order valence-corrected chi connectivity index (χ4v) is 5.77. The van der Waals surface area contributed by atoms with Crippen LogP contribution in [-0.2, 0) is 16.1 Å². The first-order valence-corrected chi connectivity index (χ1v) is 14.3. The highest BCUT2D eigenvalue weighted by Crippen LogP contribution is 2.32. The second kappa shape index (κ2) is 12.3. The molecule has 3 aromatic carbocycles. The quantitative estimate of drug-likeness (QED) is 0.233. The summed E-state index contributed by atoms with van der Waals surface area (Å²) in [4.78, 5) is 32.5. The van der Waals surface area contributed by atoms with Gasteiger partial charge in [-0.15, -0.1) is 0 Å². The number of aromatic nitrogens is 1. The molecule has 0 aliphatic carbocycles. The van der Waals surface area contributed by atoms with Crippen molar-refractivity contribution < 1.29 is 14.3 Å². The van der Waals surface area contributed by atoms with E-state index in [1.54, 1.807) is 35.8 Å². The van der Waals surface area contributed by atoms with E-state index >= 15 is 0 Å². The van der Waals surface area contributed by atoms with Gasteiger partial charge in [-0.2, -0.15) is 0 Å². The maximum atomic E-state index is 13.8. The summed E-state index contributed by atoms with van der Waals surface area (Å²) in [5.74, 6) is 0.187. The van der Waals surface area contributed by atoms with Crippen molar-refractivity contribution in [2.45, 2.75) is 32.9 Å². The number of carbonyl (C=O) groups is 1. The Morgan fingerprint density at radius 1 is 1.05 bits per heavy atom. The third-order valence-corrected chi connectivity index (χ3v) is 8.09. The number of nitrogens with zero attached hydrogens (tertiary/aromatic N) is 2. The lowest BCUT2D eigenvalue weighted by molar-refractivity contribution is -0.140. The predicted octanol–water partition coefficient (Wildman–Crippen LogP) is 6.07. The molecule has 6 nitrogen and oxygen atoms in total. The molecule has 1 aliphatic rings. The SMILES string of the molecule is CCCOc1ccc(C2C(C(=O)OCc3ccccc3)=C(C)N=c3s/c(=C\c4ccc(Cl)c(Cl)c4)c(=O)n32)cc1. The molecule has 5 rings (SSSR count). The van der Waals surface area contributed by atoms with Crippen LogP contribution in [0.1, 0.15) is 43.0 Å². The van der Waals surface area contributed by atoms with E-state index in [4.69, 9.17) is 32.7 Å². The largest absolute Gasteiger partial charge is 0.494 e. The zero-order valence-corrected chi connectivity index (χ0v) is 24.2. The first-order chi connectivity index (χ1) is 19.4. The lowest BCUT2D eigenvalue weighted by atomic mass is 9.96. The minimum Gasteiger partial charge on any atom is -0.494 e. The van der Waals surface area contributed by atoms with E-state index in [1.807, 2.05) is 61.5 Å². The van der Waals surface area contributed by atoms with Crippen molar-refractivity contribution in [3.8, 4) is 5.75 Å². The Bertz CT molecular complexity index is 1760. The summed E-state index contributed by atoms with van der Waals surface area (Å²) in [6, 6.07) is 21.3. The molecule has 0 bridgehead atoms. The Balaban J connectivity index is 1.59. The average molecular weight is 594 g/mol. The number of rotatable bonds is 8. The van der Waals surface area contributed by atoms with Crippen LogP contribution in [0, 0.1) is 0 Å². The highest BCUT2D eigenvalue weighted by molar-refractivity contribution is 7.07. The van der Waals surface area contributed by atoms with Gasteiger partial charge in [0.25, 0.3) is 5.56 Å². The Hall–Kier alpha value is -3.65. The molecule has 0 fully saturated rings. The van der Waals surface area contributed by atoms with E-state index in [0.29, 0.717) is 43.0 Å². The lowest BCUT2D eigenvalue weighted by Gasteiger charge is -2.25. The molecule has 0 N–H and O–H groups in total. The van der Waals surface area contributed by atoms with Gasteiger partial charge in [0.05, 0.1) is 38.5 Å². The second-order valence-electron chi connectivity index (χ2n) is 9.23. The summed E-state index contributed by atoms with van der Waals surface area (Å²) in [6.07, 6.45) is 2.63. The average Bonchev–Trinajstić information content (AvgIpc) is 3.26. The van der Waals surface area contributed by atoms with Crippen LogP contribution in [0.25, 0.3) is 6.08 Å². The molecule has 9 heteroatoms. The number of ether oxygens (including phenoxy) is 2. The van der Waals surface area contributed by atoms with Gasteiger partial charge in [-0.05, 0) is 60.4 Å². The monoisotopic (exact) mass is 592 g/mol. The van der Waals surface area contributed by atoms with E-state index in [0.717, 1.165) is 23.1 Å². The van der Waals surface area contributed by atoms with Crippen LogP contribution in [0.15, 0.2) is 93.9 Å². The molecular weight excluding hydrogens is 567 g/mol. The van der Waals surface area contributed by atoms with E-state index < -0.39 is 12.0 Å². The van der Waals surface area contributed by atoms with Gasteiger partial charge in [0.1, 0.15) is 12.4 Å². The molecule has 0 radical (unpaired) electrons. The summed E-state index contributed by atoms with van der Waals surface area (Å²) in [5, 5.41) is 0.826. The van der Waals surface area contributed by atoms with Crippen LogP contribution in [0.5, 0.6) is 5.75 Å². The lowest BCUT2D eigenvalue weighted by Crippen LogP contribution is -2.39. The summed E-state index contributed by atoms with van der Waals surface area (Å²) in [5.41, 5.74) is 2.87. The molecule has 4 aromatic rings. The van der Waals surface area contributed by atoms with Gasteiger partial charge in [0.15, 0.2) is 4.80 Å². The smallest absolute Gasteiger partial charge is 0.338 e. The van der Waals surface area contributed by atoms with Crippen molar-refractivity contribution in [3.63, 3.8) is 0 Å². The van der Waals surface area contributed by atoms with Gasteiger partial charge < -0.3 is 9.47 Å². The third kappa shape index (κ3) is 5.92. The van der Waals surface area contributed by atoms with Crippen LogP contribution in [0.4, 0.5) is 0 Å². The topological polar surface area (TPSA) is 69.9 Å². The van der Waals surface area contributed by atoms with Crippen molar-refractivity contribution >= 4 is 46.6 Å². The van der Waals surface area contributed by atoms with E-state index in [2.05, 4.69) is 4.99 Å². The molecule has 1 atom stereocenters. The van der Waals surface area contributed by atoms with Crippen molar-refractivity contribution in [2.24, 2.45) is 4.99 Å². The van der Waals surface area contributed by atoms with Gasteiger partial charge in [-0.25, -0.2) is 9.79 Å². The van der Waals surface area contributed by atoms with Crippen LogP contribution in [0.2, 0.25) is 10.0 Å². The molecule has 1 aliphatic heterocycles. The number of hydrogen-bond acceptors (Lipinski definition) is 6. The summed E-state index contributed by atoms with van der Waals surface area (Å²) in [7, 11) is 0. The summed E-state index contributed by atoms with van der Waals surface area (Å²) >= 11 is 13.5. The Kier molecular flexibility index (Phi) is 8.54. The first kappa shape index (κ1) is 27.9. The van der Waals surface area contributed by atoms with Gasteiger partial charge in [-0.1, -0.05) is 90.0 Å². The summed E-state index contributed by atoms with van der Waals surface area (Å²) < 4.78 is 13.5. The Morgan fingerprint density at radius 3 is 2.50 bits per heavy atom. The molecule has 0 spiro atoms. The minimum absolute atomic E-state index is 0.106. The molecule has 1 unspecified atom stereocenters. The number of esters is 1. The molecular formula is C31H26Cl2N2O4S. The number of carbonyl (C=O) groups excluding carboxylic acids is 1. The van der Waals surface area contributed by atoms with Crippen LogP contribution < -0.4 is 19.6 Å². The van der Waals surface area contributed by atoms with Crippen molar-refractivity contribution in [1.82, 2.24) is 4.57 Å². The van der Waals surface area contributed by atoms with Gasteiger partial charge in [0, 0.05) is 0 Å². The maximum Gasteiger partial charge on any atom is 0.338 e. The summed E-state index contributed by atoms with van der Waals surface area (Å²) in [6.45, 7) is 4.51. The molecule has 40 heavy (non-hydrogen) atoms. The van der Waals surface area contributed by atoms with Gasteiger partial charge in [0.2, 0.25) is 0 Å². The number of halogens is 2. The fourth-order valence-electron chi connectivity index (χ4n) is 4.42. The van der Waals surface area contributed by atoms with Crippen LogP contribution in [-0.4, -0.2) is 17.1 Å². The van der Waals surface area contributed by atoms with Crippen LogP contribution in [0.3, 0.4) is 0 Å². The molecule has 2 heterocycles. The van der Waals surface area contributed by atoms with E-state index in [1.165, 1.54) is 11.3 Å². The predicted molar refractivity (Wildman–Crippen MR) is 159 cm³/mol. The maximum absolute atomic E-state index is 13.8. The van der Waals surface area contributed by atoms with Crippen molar-refractivity contribution in [3.05, 3.63) is 130 Å². The normalized spacial score (nSPS) is 15.0. The Labute approximate surface area is 245 Å². The number of fused-ring (bicyclic) bond motifs is 1. The van der Waals surface area contributed by atoms with Crippen molar-refractivity contribution in [1.29, 1.82) is 0 Å². The first-order valence-electron chi connectivity index (χ1n) is 12.8. The third-order valence-electron chi connectivity index (χ3n) is 6.36. The van der Waals surface area contributed by atoms with Gasteiger partial charge >= 0.3 is 5.97 Å². The molecule has 0 amide bonds. The standard InChI is InChI=1S/C31H26Cl2N2O4S/c1-3-15-38-23-12-10-22(11-13-23)28-27(30(37)39-18-20-7-5-4-6-8-20)19(2)34-31-35(28)29(36)26(40-31)17-21-9-14-24(32)25(33)16-21/h4-14,16-17,28H,3,15,18H2,1-2H3/b26-17-. The number of thiazole rings is 1. The number of hydrogen-bond donors (Lipinski definition) is 0. The number of benzene rings is 3. The number of allylic oxidation sites excluding steroid dienone is 1. The zero-order valence-electron chi connectivity index (χ0n) is 21.9. The van der Waals surface area contributed by atoms with Crippen molar-refractivity contribution in [2.75, 3.05) is 6.61 Å². The molecule has 0 saturated carbocycles.